The molecule has 0 saturated carbocycles. The average Bonchev–Trinajstić information content (AvgIpc) is 3.47. The van der Waals surface area contributed by atoms with E-state index < -0.39 is 24.2 Å². The number of amides is 3. The molecule has 0 bridgehead atoms. The van der Waals surface area contributed by atoms with E-state index in [1.165, 1.54) is 16.5 Å². The lowest BCUT2D eigenvalue weighted by molar-refractivity contribution is -0.138. The summed E-state index contributed by atoms with van der Waals surface area (Å²) in [6.07, 6.45) is 0.171. The highest BCUT2D eigenvalue weighted by atomic mass is 19.1. The van der Waals surface area contributed by atoms with Crippen LogP contribution in [0, 0.1) is 0 Å². The van der Waals surface area contributed by atoms with E-state index in [1.807, 2.05) is 30.3 Å². The number of carbonyl (C=O) groups excluding carboxylic acids is 3. The van der Waals surface area contributed by atoms with Gasteiger partial charge in [-0.05, 0) is 34.7 Å². The number of likely N-dealkylation sites (tertiary alicyclic amines) is 1. The normalized spacial score (nSPS) is 17.9. The zero-order valence-electron chi connectivity index (χ0n) is 22.0. The highest BCUT2D eigenvalue weighted by Gasteiger charge is 2.40. The highest BCUT2D eigenvalue weighted by molar-refractivity contribution is 5.90. The third-order valence-corrected chi connectivity index (χ3v) is 6.62. The number of halogens is 1. The van der Waals surface area contributed by atoms with Crippen LogP contribution in [0.25, 0.3) is 0 Å². The minimum Gasteiger partial charge on any atom is -0.343 e. The first-order valence-corrected chi connectivity index (χ1v) is 12.7. The molecule has 0 radical (unpaired) electrons. The standard InChI is InChI=1S/C28H33FN6O3/c1-17(2)19-8-10-20(11-9-19)27(21-6-5-7-23(12-21)30-18(3)36)31-28(38)25-13-22(29)15-35(25)26(37)14-24-16-34(4)33-32-24/h5-12,16-17,22,25,27H,13-15H2,1-4H3,(H,30,36)(H,31,38)/t22-,25+,27-/m1/s1. The molecule has 3 amide bonds. The largest absolute Gasteiger partial charge is 0.343 e. The van der Waals surface area contributed by atoms with Crippen LogP contribution in [0.3, 0.4) is 0 Å². The Morgan fingerprint density at radius 2 is 1.79 bits per heavy atom. The van der Waals surface area contributed by atoms with Crippen molar-refractivity contribution in [1.29, 1.82) is 0 Å². The summed E-state index contributed by atoms with van der Waals surface area (Å²) in [4.78, 5) is 39.5. The van der Waals surface area contributed by atoms with E-state index >= 15 is 0 Å². The summed E-state index contributed by atoms with van der Waals surface area (Å²) in [5, 5.41) is 13.6. The molecule has 200 valence electrons. The minimum atomic E-state index is -1.30. The quantitative estimate of drug-likeness (QED) is 0.474. The summed E-state index contributed by atoms with van der Waals surface area (Å²) in [5.74, 6) is -0.688. The smallest absolute Gasteiger partial charge is 0.243 e. The van der Waals surface area contributed by atoms with Gasteiger partial charge in [-0.25, -0.2) is 4.39 Å². The van der Waals surface area contributed by atoms with Crippen LogP contribution in [0.4, 0.5) is 10.1 Å². The number of alkyl halides is 1. The maximum atomic E-state index is 14.5. The van der Waals surface area contributed by atoms with E-state index in [9.17, 15) is 18.8 Å². The number of hydrogen-bond donors (Lipinski definition) is 2. The fourth-order valence-electron chi connectivity index (χ4n) is 4.71. The summed E-state index contributed by atoms with van der Waals surface area (Å²) in [6.45, 7) is 5.48. The Hall–Kier alpha value is -4.08. The van der Waals surface area contributed by atoms with Gasteiger partial charge in [0.15, 0.2) is 0 Å². The van der Waals surface area contributed by atoms with Gasteiger partial charge >= 0.3 is 0 Å². The number of hydrogen-bond acceptors (Lipinski definition) is 5. The topological polar surface area (TPSA) is 109 Å². The third-order valence-electron chi connectivity index (χ3n) is 6.62. The van der Waals surface area contributed by atoms with Gasteiger partial charge in [0.2, 0.25) is 17.7 Å². The van der Waals surface area contributed by atoms with Crippen molar-refractivity contribution in [2.75, 3.05) is 11.9 Å². The molecule has 3 atom stereocenters. The molecule has 2 aromatic carbocycles. The van der Waals surface area contributed by atoms with E-state index in [0.29, 0.717) is 17.3 Å². The van der Waals surface area contributed by atoms with Crippen LogP contribution in [0.15, 0.2) is 54.7 Å². The number of aryl methyl sites for hydroxylation is 1. The van der Waals surface area contributed by atoms with Gasteiger partial charge in [0.25, 0.3) is 0 Å². The van der Waals surface area contributed by atoms with Crippen molar-refractivity contribution in [2.24, 2.45) is 7.05 Å². The first kappa shape index (κ1) is 27.0. The summed E-state index contributed by atoms with van der Waals surface area (Å²) >= 11 is 0. The molecule has 1 aliphatic rings. The Labute approximate surface area is 221 Å². The van der Waals surface area contributed by atoms with Gasteiger partial charge < -0.3 is 15.5 Å². The number of anilines is 1. The van der Waals surface area contributed by atoms with Crippen molar-refractivity contribution in [3.63, 3.8) is 0 Å². The molecule has 1 fully saturated rings. The molecule has 38 heavy (non-hydrogen) atoms. The molecular formula is C28H33FN6O3. The fourth-order valence-corrected chi connectivity index (χ4v) is 4.71. The summed E-state index contributed by atoms with van der Waals surface area (Å²) in [7, 11) is 1.69. The SMILES string of the molecule is CC(=O)Nc1cccc([C@H](NC(=O)[C@@H]2C[C@@H](F)CN2C(=O)Cc2cn(C)nn2)c2ccc(C(C)C)cc2)c1. The van der Waals surface area contributed by atoms with Gasteiger partial charge in [-0.1, -0.05) is 55.5 Å². The monoisotopic (exact) mass is 520 g/mol. The van der Waals surface area contributed by atoms with E-state index in [1.54, 1.807) is 31.4 Å². The summed E-state index contributed by atoms with van der Waals surface area (Å²) in [5.41, 5.74) is 3.78. The third kappa shape index (κ3) is 6.42. The molecule has 3 aromatic rings. The predicted octanol–water partition coefficient (Wildman–Crippen LogP) is 3.28. The van der Waals surface area contributed by atoms with Crippen molar-refractivity contribution < 1.29 is 18.8 Å². The van der Waals surface area contributed by atoms with E-state index in [4.69, 9.17) is 0 Å². The lowest BCUT2D eigenvalue weighted by Gasteiger charge is -2.27. The van der Waals surface area contributed by atoms with Gasteiger partial charge in [0, 0.05) is 32.3 Å². The summed E-state index contributed by atoms with van der Waals surface area (Å²) < 4.78 is 16.0. The molecule has 2 heterocycles. The second kappa shape index (κ2) is 11.5. The number of nitrogens with one attached hydrogen (secondary N) is 2. The molecule has 1 aliphatic heterocycles. The number of benzene rings is 2. The first-order chi connectivity index (χ1) is 18.1. The van der Waals surface area contributed by atoms with Gasteiger partial charge in [-0.3, -0.25) is 19.1 Å². The zero-order chi connectivity index (χ0) is 27.4. The molecule has 4 rings (SSSR count). The second-order valence-electron chi connectivity index (χ2n) is 10.0. The van der Waals surface area contributed by atoms with Crippen molar-refractivity contribution in [3.8, 4) is 0 Å². The van der Waals surface area contributed by atoms with Crippen LogP contribution in [0.2, 0.25) is 0 Å². The van der Waals surface area contributed by atoms with Crippen molar-refractivity contribution in [3.05, 3.63) is 77.1 Å². The van der Waals surface area contributed by atoms with Crippen LogP contribution < -0.4 is 10.6 Å². The van der Waals surface area contributed by atoms with Crippen LogP contribution in [0.1, 0.15) is 61.5 Å². The lowest BCUT2D eigenvalue weighted by atomic mass is 9.94. The molecule has 0 unspecified atom stereocenters. The number of aromatic nitrogens is 3. The Kier molecular flexibility index (Phi) is 8.19. The maximum Gasteiger partial charge on any atom is 0.243 e. The molecule has 1 aromatic heterocycles. The predicted molar refractivity (Wildman–Crippen MR) is 141 cm³/mol. The lowest BCUT2D eigenvalue weighted by Crippen LogP contribution is -2.47. The van der Waals surface area contributed by atoms with Crippen molar-refractivity contribution in [1.82, 2.24) is 25.2 Å². The van der Waals surface area contributed by atoms with Gasteiger partial charge in [0.05, 0.1) is 24.7 Å². The molecule has 0 spiro atoms. The molecule has 9 nitrogen and oxygen atoms in total. The van der Waals surface area contributed by atoms with Crippen LogP contribution >= 0.6 is 0 Å². The van der Waals surface area contributed by atoms with Crippen LogP contribution in [-0.4, -0.2) is 56.4 Å². The fraction of sp³-hybridized carbons (Fsp3) is 0.393. The molecular weight excluding hydrogens is 487 g/mol. The van der Waals surface area contributed by atoms with Crippen LogP contribution in [-0.2, 0) is 27.9 Å². The van der Waals surface area contributed by atoms with Gasteiger partial charge in [0.1, 0.15) is 12.2 Å². The summed E-state index contributed by atoms with van der Waals surface area (Å²) in [6, 6.07) is 13.6. The molecule has 10 heteroatoms. The average molecular weight is 521 g/mol. The van der Waals surface area contributed by atoms with Gasteiger partial charge in [-0.15, -0.1) is 5.10 Å². The molecule has 2 N–H and O–H groups in total. The number of carbonyl (C=O) groups is 3. The van der Waals surface area contributed by atoms with Gasteiger partial charge in [-0.2, -0.15) is 0 Å². The van der Waals surface area contributed by atoms with Crippen molar-refractivity contribution >= 4 is 23.4 Å². The maximum absolute atomic E-state index is 14.5. The Balaban J connectivity index is 1.60. The second-order valence-corrected chi connectivity index (χ2v) is 10.0. The van der Waals surface area contributed by atoms with E-state index in [2.05, 4.69) is 34.8 Å². The van der Waals surface area contributed by atoms with Crippen molar-refractivity contribution in [2.45, 2.75) is 57.8 Å². The number of nitrogens with zero attached hydrogens (tertiary/aromatic N) is 4. The molecule has 1 saturated heterocycles. The van der Waals surface area contributed by atoms with Crippen LogP contribution in [0.5, 0.6) is 0 Å². The Morgan fingerprint density at radius 1 is 1.08 bits per heavy atom. The first-order valence-electron chi connectivity index (χ1n) is 12.7. The van der Waals surface area contributed by atoms with E-state index in [0.717, 1.165) is 16.7 Å². The minimum absolute atomic E-state index is 0.0663. The zero-order valence-corrected chi connectivity index (χ0v) is 22.0. The van der Waals surface area contributed by atoms with E-state index in [-0.39, 0.29) is 31.2 Å². The molecule has 0 aliphatic carbocycles. The highest BCUT2D eigenvalue weighted by Crippen LogP contribution is 2.28. The number of rotatable bonds is 8. The Morgan fingerprint density at radius 3 is 2.42 bits per heavy atom. The Bertz CT molecular complexity index is 1310.